The Labute approximate surface area is 209 Å². The molecule has 3 heteroatoms. The van der Waals surface area contributed by atoms with Crippen LogP contribution in [0.4, 0.5) is 0 Å². The standard InChI is InChI=1S/C30H31BrOS/c1-17-18(2)33-30-26(17)27(22-13-7-8-14-23(22)28(30)31)21-15-24(19-9-3-4-10-19)29(32)25(16-21)20-11-5-6-12-20/h7-8,13-16,19-20,32H,3-6,9-12H2,1-2H3. The number of halogens is 1. The molecule has 0 atom stereocenters. The summed E-state index contributed by atoms with van der Waals surface area (Å²) in [5.74, 6) is 1.59. The lowest BCUT2D eigenvalue weighted by Gasteiger charge is -2.22. The van der Waals surface area contributed by atoms with Crippen LogP contribution in [0.25, 0.3) is 32.0 Å². The molecule has 170 valence electrons. The first kappa shape index (κ1) is 21.7. The highest BCUT2D eigenvalue weighted by atomic mass is 79.9. The Morgan fingerprint density at radius 3 is 1.97 bits per heavy atom. The van der Waals surface area contributed by atoms with Crippen molar-refractivity contribution in [1.82, 2.24) is 0 Å². The minimum Gasteiger partial charge on any atom is -0.507 e. The van der Waals surface area contributed by atoms with Gasteiger partial charge < -0.3 is 5.11 Å². The van der Waals surface area contributed by atoms with Gasteiger partial charge in [-0.05, 0) is 118 Å². The summed E-state index contributed by atoms with van der Waals surface area (Å²) >= 11 is 5.85. The normalized spacial score (nSPS) is 17.7. The number of fused-ring (bicyclic) bond motifs is 2. The summed E-state index contributed by atoms with van der Waals surface area (Å²) in [7, 11) is 0. The number of benzene rings is 3. The van der Waals surface area contributed by atoms with Crippen LogP contribution in [-0.4, -0.2) is 5.11 Å². The minimum absolute atomic E-state index is 0.493. The minimum atomic E-state index is 0.493. The second-order valence-corrected chi connectivity index (χ2v) is 12.2. The number of hydrogen-bond donors (Lipinski definition) is 1. The Morgan fingerprint density at radius 2 is 1.39 bits per heavy atom. The third kappa shape index (κ3) is 3.46. The van der Waals surface area contributed by atoms with Gasteiger partial charge in [-0.3, -0.25) is 0 Å². The van der Waals surface area contributed by atoms with Crippen molar-refractivity contribution in [2.75, 3.05) is 0 Å². The van der Waals surface area contributed by atoms with Crippen molar-refractivity contribution in [2.24, 2.45) is 0 Å². The summed E-state index contributed by atoms with van der Waals surface area (Å²) in [5, 5.41) is 15.5. The van der Waals surface area contributed by atoms with E-state index in [-0.39, 0.29) is 0 Å². The summed E-state index contributed by atoms with van der Waals surface area (Å²) in [6, 6.07) is 13.5. The average molecular weight is 520 g/mol. The predicted molar refractivity (Wildman–Crippen MR) is 146 cm³/mol. The lowest BCUT2D eigenvalue weighted by atomic mass is 9.84. The van der Waals surface area contributed by atoms with E-state index in [2.05, 4.69) is 66.2 Å². The van der Waals surface area contributed by atoms with Gasteiger partial charge in [0.1, 0.15) is 5.75 Å². The van der Waals surface area contributed by atoms with Gasteiger partial charge in [0.2, 0.25) is 0 Å². The maximum Gasteiger partial charge on any atom is 0.122 e. The van der Waals surface area contributed by atoms with Gasteiger partial charge in [-0.1, -0.05) is 49.9 Å². The molecule has 2 fully saturated rings. The number of phenols is 1. The van der Waals surface area contributed by atoms with E-state index in [9.17, 15) is 5.11 Å². The van der Waals surface area contributed by atoms with Crippen LogP contribution in [0.5, 0.6) is 5.75 Å². The van der Waals surface area contributed by atoms with Crippen molar-refractivity contribution in [1.29, 1.82) is 0 Å². The van der Waals surface area contributed by atoms with Crippen LogP contribution in [0.3, 0.4) is 0 Å². The molecule has 0 unspecified atom stereocenters. The van der Waals surface area contributed by atoms with Gasteiger partial charge in [-0.25, -0.2) is 0 Å². The highest BCUT2D eigenvalue weighted by Gasteiger charge is 2.28. The van der Waals surface area contributed by atoms with E-state index in [1.54, 1.807) is 0 Å². The fraction of sp³-hybridized carbons (Fsp3) is 0.400. The molecule has 2 saturated carbocycles. The maximum absolute atomic E-state index is 11.5. The van der Waals surface area contributed by atoms with E-state index >= 15 is 0 Å². The third-order valence-corrected chi connectivity index (χ3v) is 10.6. The molecule has 0 spiro atoms. The second-order valence-electron chi connectivity index (χ2n) is 10.2. The molecule has 2 aliphatic rings. The lowest BCUT2D eigenvalue weighted by molar-refractivity contribution is 0.447. The van der Waals surface area contributed by atoms with Gasteiger partial charge in [0.15, 0.2) is 0 Å². The van der Waals surface area contributed by atoms with Crippen molar-refractivity contribution < 1.29 is 5.11 Å². The van der Waals surface area contributed by atoms with Crippen LogP contribution < -0.4 is 0 Å². The van der Waals surface area contributed by atoms with Gasteiger partial charge >= 0.3 is 0 Å². The fourth-order valence-electron chi connectivity index (χ4n) is 6.45. The monoisotopic (exact) mass is 518 g/mol. The molecule has 33 heavy (non-hydrogen) atoms. The van der Waals surface area contributed by atoms with Crippen LogP contribution in [0.2, 0.25) is 0 Å². The number of aromatic hydroxyl groups is 1. The van der Waals surface area contributed by atoms with Gasteiger partial charge in [0, 0.05) is 14.7 Å². The SMILES string of the molecule is Cc1sc2c(Br)c3ccccc3c(-c3cc(C4CCCC4)c(O)c(C4CCCC4)c3)c2c1C. The average Bonchev–Trinajstić information content (AvgIpc) is 3.59. The van der Waals surface area contributed by atoms with E-state index in [1.807, 2.05) is 11.3 Å². The van der Waals surface area contributed by atoms with Crippen LogP contribution in [0.15, 0.2) is 40.9 Å². The van der Waals surface area contributed by atoms with Crippen molar-refractivity contribution >= 4 is 48.1 Å². The Morgan fingerprint density at radius 1 is 0.848 bits per heavy atom. The first-order valence-electron chi connectivity index (χ1n) is 12.5. The number of hydrogen-bond acceptors (Lipinski definition) is 2. The molecule has 2 aliphatic carbocycles. The Kier molecular flexibility index (Phi) is 5.54. The van der Waals surface area contributed by atoms with Crippen LogP contribution in [0, 0.1) is 13.8 Å². The fourth-order valence-corrected chi connectivity index (χ4v) is 8.36. The topological polar surface area (TPSA) is 20.2 Å². The molecule has 1 heterocycles. The zero-order chi connectivity index (χ0) is 22.7. The summed E-state index contributed by atoms with van der Waals surface area (Å²) in [6.07, 6.45) is 9.93. The van der Waals surface area contributed by atoms with Gasteiger partial charge in [-0.15, -0.1) is 11.3 Å². The Balaban J connectivity index is 1.71. The van der Waals surface area contributed by atoms with Crippen LogP contribution >= 0.6 is 27.3 Å². The van der Waals surface area contributed by atoms with E-state index in [1.165, 1.54) is 109 Å². The zero-order valence-corrected chi connectivity index (χ0v) is 21.9. The first-order valence-corrected chi connectivity index (χ1v) is 14.1. The summed E-state index contributed by atoms with van der Waals surface area (Å²) in [6.45, 7) is 4.51. The molecular formula is C30H31BrOS. The zero-order valence-electron chi connectivity index (χ0n) is 19.5. The maximum atomic E-state index is 11.5. The molecule has 0 aliphatic heterocycles. The molecule has 4 aromatic rings. The smallest absolute Gasteiger partial charge is 0.122 e. The van der Waals surface area contributed by atoms with Crippen molar-refractivity contribution in [3.05, 3.63) is 62.4 Å². The van der Waals surface area contributed by atoms with Crippen LogP contribution in [0.1, 0.15) is 84.8 Å². The van der Waals surface area contributed by atoms with Crippen molar-refractivity contribution in [2.45, 2.75) is 77.0 Å². The van der Waals surface area contributed by atoms with Gasteiger partial charge in [0.05, 0.1) is 4.70 Å². The highest BCUT2D eigenvalue weighted by Crippen LogP contribution is 2.51. The second kappa shape index (κ2) is 8.43. The molecule has 0 radical (unpaired) electrons. The van der Waals surface area contributed by atoms with E-state index in [0.29, 0.717) is 17.6 Å². The molecule has 6 rings (SSSR count). The molecule has 1 nitrogen and oxygen atoms in total. The quantitative estimate of drug-likeness (QED) is 0.286. The first-order chi connectivity index (χ1) is 16.0. The highest BCUT2D eigenvalue weighted by molar-refractivity contribution is 9.11. The molecule has 1 N–H and O–H groups in total. The third-order valence-electron chi connectivity index (χ3n) is 8.32. The van der Waals surface area contributed by atoms with Gasteiger partial charge in [-0.2, -0.15) is 0 Å². The Hall–Kier alpha value is -1.84. The molecule has 3 aromatic carbocycles. The van der Waals surface area contributed by atoms with Crippen molar-refractivity contribution in [3.8, 4) is 16.9 Å². The van der Waals surface area contributed by atoms with E-state index < -0.39 is 0 Å². The number of rotatable bonds is 3. The van der Waals surface area contributed by atoms with E-state index in [0.717, 1.165) is 0 Å². The molecule has 1 aromatic heterocycles. The lowest BCUT2D eigenvalue weighted by Crippen LogP contribution is -2.01. The number of phenolic OH excluding ortho intramolecular Hbond substituents is 1. The molecule has 0 bridgehead atoms. The van der Waals surface area contributed by atoms with Crippen molar-refractivity contribution in [3.63, 3.8) is 0 Å². The largest absolute Gasteiger partial charge is 0.507 e. The summed E-state index contributed by atoms with van der Waals surface area (Å²) < 4.78 is 2.56. The number of thiophene rings is 1. The predicted octanol–water partition coefficient (Wildman–Crippen LogP) is 10.1. The summed E-state index contributed by atoms with van der Waals surface area (Å²) in [4.78, 5) is 1.38. The van der Waals surface area contributed by atoms with Crippen LogP contribution in [-0.2, 0) is 0 Å². The number of aryl methyl sites for hydroxylation is 2. The Bertz CT molecular complexity index is 1330. The summed E-state index contributed by atoms with van der Waals surface area (Å²) in [5.41, 5.74) is 6.44. The molecule has 0 saturated heterocycles. The molecular weight excluding hydrogens is 488 g/mol. The van der Waals surface area contributed by atoms with Gasteiger partial charge in [0.25, 0.3) is 0 Å². The molecule has 0 amide bonds. The van der Waals surface area contributed by atoms with E-state index in [4.69, 9.17) is 0 Å².